The first-order valence-corrected chi connectivity index (χ1v) is 9.47. The predicted molar refractivity (Wildman–Crippen MR) is 114 cm³/mol. The fourth-order valence-electron chi connectivity index (χ4n) is 3.43. The molecule has 2 aromatic carbocycles. The van der Waals surface area contributed by atoms with Gasteiger partial charge < -0.3 is 20.4 Å². The summed E-state index contributed by atoms with van der Waals surface area (Å²) in [6.45, 7) is 1.90. The van der Waals surface area contributed by atoms with Gasteiger partial charge in [0.1, 0.15) is 5.82 Å². The van der Waals surface area contributed by atoms with Gasteiger partial charge in [0.25, 0.3) is 0 Å². The minimum atomic E-state index is -0.495. The Morgan fingerprint density at radius 1 is 1.10 bits per heavy atom. The van der Waals surface area contributed by atoms with Gasteiger partial charge >= 0.3 is 5.76 Å². The van der Waals surface area contributed by atoms with Crippen LogP contribution in [0.2, 0.25) is 0 Å². The van der Waals surface area contributed by atoms with Gasteiger partial charge in [0.2, 0.25) is 11.9 Å². The van der Waals surface area contributed by atoms with Crippen molar-refractivity contribution in [1.29, 1.82) is 0 Å². The molecule has 30 heavy (non-hydrogen) atoms. The van der Waals surface area contributed by atoms with Crippen LogP contribution in [-0.4, -0.2) is 20.9 Å². The van der Waals surface area contributed by atoms with Crippen LogP contribution in [0.25, 0.3) is 11.1 Å². The van der Waals surface area contributed by atoms with Gasteiger partial charge in [0.05, 0.1) is 16.9 Å². The lowest BCUT2D eigenvalue weighted by molar-refractivity contribution is -0.116. The van der Waals surface area contributed by atoms with E-state index >= 15 is 0 Å². The van der Waals surface area contributed by atoms with Crippen LogP contribution >= 0.6 is 0 Å². The number of nitrogens with one attached hydrogen (secondary N) is 4. The van der Waals surface area contributed by atoms with Crippen LogP contribution in [0.4, 0.5) is 28.8 Å². The first-order valence-electron chi connectivity index (χ1n) is 9.47. The maximum Gasteiger partial charge on any atom is 0.417 e. The minimum Gasteiger partial charge on any atom is -0.408 e. The molecule has 0 fully saturated rings. The SMILES string of the molecule is Cc1cnc(Nc2cccc3c2NC(=O)CC3)nc1Nc1ccc2oc(=O)[nH]c2c1. The highest BCUT2D eigenvalue weighted by molar-refractivity contribution is 5.98. The van der Waals surface area contributed by atoms with Crippen molar-refractivity contribution >= 4 is 45.8 Å². The molecule has 0 saturated carbocycles. The summed E-state index contributed by atoms with van der Waals surface area (Å²) in [5, 5.41) is 9.37. The quantitative estimate of drug-likeness (QED) is 0.411. The van der Waals surface area contributed by atoms with Crippen molar-refractivity contribution in [3.05, 3.63) is 64.3 Å². The summed E-state index contributed by atoms with van der Waals surface area (Å²) in [7, 11) is 0. The van der Waals surface area contributed by atoms with Crippen LogP contribution in [0.5, 0.6) is 0 Å². The van der Waals surface area contributed by atoms with Crippen LogP contribution in [0.1, 0.15) is 17.5 Å². The maximum absolute atomic E-state index is 11.8. The molecule has 1 aliphatic heterocycles. The molecule has 3 heterocycles. The summed E-state index contributed by atoms with van der Waals surface area (Å²) >= 11 is 0. The molecule has 4 N–H and O–H groups in total. The van der Waals surface area contributed by atoms with Crippen LogP contribution in [0, 0.1) is 6.92 Å². The second-order valence-electron chi connectivity index (χ2n) is 7.09. The number of hydrogen-bond acceptors (Lipinski definition) is 7. The molecular formula is C21H18N6O3. The number of fused-ring (bicyclic) bond motifs is 2. The number of carbonyl (C=O) groups is 1. The summed E-state index contributed by atoms with van der Waals surface area (Å²) in [4.78, 5) is 34.7. The normalized spacial score (nSPS) is 13.0. The number of carbonyl (C=O) groups excluding carboxylic acids is 1. The average Bonchev–Trinajstić information content (AvgIpc) is 3.10. The molecular weight excluding hydrogens is 384 g/mol. The van der Waals surface area contributed by atoms with Crippen LogP contribution < -0.4 is 21.7 Å². The van der Waals surface area contributed by atoms with Crippen molar-refractivity contribution in [2.45, 2.75) is 19.8 Å². The van der Waals surface area contributed by atoms with E-state index in [9.17, 15) is 9.59 Å². The molecule has 0 spiro atoms. The second kappa shape index (κ2) is 7.03. The van der Waals surface area contributed by atoms with Gasteiger partial charge in [-0.2, -0.15) is 4.98 Å². The summed E-state index contributed by atoms with van der Waals surface area (Å²) in [6, 6.07) is 11.1. The number of anilines is 5. The molecule has 2 aromatic heterocycles. The highest BCUT2D eigenvalue weighted by Gasteiger charge is 2.18. The van der Waals surface area contributed by atoms with E-state index in [2.05, 4.69) is 30.9 Å². The Morgan fingerprint density at radius 2 is 2.00 bits per heavy atom. The summed E-state index contributed by atoms with van der Waals surface area (Å²) in [5.74, 6) is 0.516. The van der Waals surface area contributed by atoms with Crippen molar-refractivity contribution in [3.8, 4) is 0 Å². The third-order valence-corrected chi connectivity index (χ3v) is 4.94. The monoisotopic (exact) mass is 402 g/mol. The van der Waals surface area contributed by atoms with Crippen molar-refractivity contribution in [2.75, 3.05) is 16.0 Å². The molecule has 1 amide bonds. The van der Waals surface area contributed by atoms with Gasteiger partial charge in [-0.3, -0.25) is 9.78 Å². The summed E-state index contributed by atoms with van der Waals surface area (Å²) < 4.78 is 5.03. The van der Waals surface area contributed by atoms with E-state index in [0.29, 0.717) is 35.7 Å². The van der Waals surface area contributed by atoms with E-state index in [1.807, 2.05) is 25.1 Å². The van der Waals surface area contributed by atoms with Gasteiger partial charge in [-0.05, 0) is 43.2 Å². The number of rotatable bonds is 4. The van der Waals surface area contributed by atoms with Crippen molar-refractivity contribution in [2.24, 2.45) is 0 Å². The van der Waals surface area contributed by atoms with E-state index in [0.717, 1.165) is 28.2 Å². The highest BCUT2D eigenvalue weighted by Crippen LogP contribution is 2.32. The Labute approximate surface area is 170 Å². The summed E-state index contributed by atoms with van der Waals surface area (Å²) in [6.07, 6.45) is 2.90. The molecule has 5 rings (SSSR count). The number of amides is 1. The lowest BCUT2D eigenvalue weighted by Crippen LogP contribution is -2.20. The topological polar surface area (TPSA) is 125 Å². The van der Waals surface area contributed by atoms with E-state index in [4.69, 9.17) is 4.42 Å². The van der Waals surface area contributed by atoms with Crippen molar-refractivity contribution < 1.29 is 9.21 Å². The van der Waals surface area contributed by atoms with Gasteiger partial charge in [0, 0.05) is 23.9 Å². The van der Waals surface area contributed by atoms with E-state index < -0.39 is 5.76 Å². The fourth-order valence-corrected chi connectivity index (χ4v) is 3.43. The number of aromatic nitrogens is 3. The molecule has 9 nitrogen and oxygen atoms in total. The van der Waals surface area contributed by atoms with Crippen LogP contribution in [-0.2, 0) is 11.2 Å². The number of oxazole rings is 1. The first kappa shape index (κ1) is 17.9. The van der Waals surface area contributed by atoms with E-state index in [1.165, 1.54) is 0 Å². The number of H-pyrrole nitrogens is 1. The molecule has 0 unspecified atom stereocenters. The lowest BCUT2D eigenvalue weighted by Gasteiger charge is -2.20. The standard InChI is InChI=1S/C21H18N6O3/c1-11-10-22-20(24-14-4-2-3-12-5-8-17(28)26-18(12)14)27-19(11)23-13-6-7-16-15(9-13)25-21(29)30-16/h2-4,6-7,9-10H,5,8H2,1H3,(H,25,29)(H,26,28)(H2,22,23,24,27). The lowest BCUT2D eigenvalue weighted by atomic mass is 10.0. The largest absolute Gasteiger partial charge is 0.417 e. The third-order valence-electron chi connectivity index (χ3n) is 4.94. The van der Waals surface area contributed by atoms with Gasteiger partial charge in [0.15, 0.2) is 5.58 Å². The summed E-state index contributed by atoms with van der Waals surface area (Å²) in [5.41, 5.74) is 5.27. The zero-order valence-corrected chi connectivity index (χ0v) is 16.1. The zero-order chi connectivity index (χ0) is 20.7. The number of aromatic amines is 1. The Balaban J connectivity index is 1.44. The smallest absolute Gasteiger partial charge is 0.408 e. The third kappa shape index (κ3) is 3.37. The Hall–Kier alpha value is -4.14. The van der Waals surface area contributed by atoms with Gasteiger partial charge in [-0.25, -0.2) is 9.78 Å². The Bertz CT molecular complexity index is 1340. The first-order chi connectivity index (χ1) is 14.5. The minimum absolute atomic E-state index is 0.00314. The highest BCUT2D eigenvalue weighted by atomic mass is 16.4. The van der Waals surface area contributed by atoms with Crippen molar-refractivity contribution in [3.63, 3.8) is 0 Å². The van der Waals surface area contributed by atoms with E-state index in [1.54, 1.807) is 24.4 Å². The van der Waals surface area contributed by atoms with Crippen LogP contribution in [0.3, 0.4) is 0 Å². The van der Waals surface area contributed by atoms with Gasteiger partial charge in [-0.15, -0.1) is 0 Å². The number of aryl methyl sites for hydroxylation is 2. The Morgan fingerprint density at radius 3 is 2.90 bits per heavy atom. The molecule has 9 heteroatoms. The second-order valence-corrected chi connectivity index (χ2v) is 7.09. The molecule has 0 bridgehead atoms. The fraction of sp³-hybridized carbons (Fsp3) is 0.143. The molecule has 0 aliphatic carbocycles. The molecule has 4 aromatic rings. The molecule has 0 saturated heterocycles. The molecule has 0 atom stereocenters. The average molecular weight is 402 g/mol. The molecule has 0 radical (unpaired) electrons. The molecule has 150 valence electrons. The predicted octanol–water partition coefficient (Wildman–Crippen LogP) is 3.59. The number of nitrogens with zero attached hydrogens (tertiary/aromatic N) is 2. The van der Waals surface area contributed by atoms with E-state index in [-0.39, 0.29) is 5.91 Å². The van der Waals surface area contributed by atoms with Crippen LogP contribution in [0.15, 0.2) is 51.8 Å². The Kier molecular flexibility index (Phi) is 4.20. The number of benzene rings is 2. The number of para-hydroxylation sites is 1. The van der Waals surface area contributed by atoms with Gasteiger partial charge in [-0.1, -0.05) is 12.1 Å². The number of hydrogen-bond donors (Lipinski definition) is 4. The zero-order valence-electron chi connectivity index (χ0n) is 16.1. The maximum atomic E-state index is 11.8. The van der Waals surface area contributed by atoms with Crippen molar-refractivity contribution in [1.82, 2.24) is 15.0 Å². The molecule has 1 aliphatic rings.